The molecule has 0 heterocycles. The van der Waals surface area contributed by atoms with E-state index in [1.165, 1.54) is 56.9 Å². The average Bonchev–Trinajstić information content (AvgIpc) is 3.55. The molecule has 0 amide bonds. The molecule has 254 valence electrons. The van der Waals surface area contributed by atoms with Gasteiger partial charge in [0.2, 0.25) is 0 Å². The lowest BCUT2D eigenvalue weighted by atomic mass is 9.47. The number of ketones is 3. The molecule has 0 aliphatic heterocycles. The number of hydrogen-bond donors (Lipinski definition) is 1. The lowest BCUT2D eigenvalue weighted by Crippen LogP contribution is -2.51. The highest BCUT2D eigenvalue weighted by Gasteiger charge is 2.61. The quantitative estimate of drug-likeness (QED) is 0.309. The molecule has 6 fully saturated rings. The zero-order valence-corrected chi connectivity index (χ0v) is 29.8. The Kier molecular flexibility index (Phi) is 8.26. The van der Waals surface area contributed by atoms with Crippen LogP contribution in [-0.4, -0.2) is 28.6 Å². The van der Waals surface area contributed by atoms with Crippen molar-refractivity contribution in [3.8, 4) is 0 Å². The number of carbonyl (C=O) groups excluding carboxylic acids is 3. The molecule has 13 atom stereocenters. The number of hydrogen-bond acceptors (Lipinski definition) is 4. The summed E-state index contributed by atoms with van der Waals surface area (Å²) in [6.45, 7) is 13.3. The second kappa shape index (κ2) is 11.5. The standard InChI is InChI=1S/C21H32O2.C21H30O2/c2*1-13(22)17-6-7-18-16-5-4-14-12-15(23)8-10-20(14,2)19(16)9-11-21(17,18)3/h4,15-19,23H,5-12H2,1-3H3;12,16-19H,4-11H2,1-3H3/t15-,16-,17+,18-,19-,20-,21+;16-,17+,18-,19-,20-,21+/m00/s1. The summed E-state index contributed by atoms with van der Waals surface area (Å²) < 4.78 is 0. The van der Waals surface area contributed by atoms with Crippen molar-refractivity contribution < 1.29 is 19.5 Å². The van der Waals surface area contributed by atoms with Gasteiger partial charge in [-0.1, -0.05) is 44.9 Å². The first kappa shape index (κ1) is 33.0. The lowest BCUT2D eigenvalue weighted by molar-refractivity contribution is -0.128. The van der Waals surface area contributed by atoms with Gasteiger partial charge < -0.3 is 5.11 Å². The number of rotatable bonds is 2. The van der Waals surface area contributed by atoms with E-state index in [0.717, 1.165) is 86.9 Å². The fraction of sp³-hybridized carbons (Fsp3) is 0.833. The second-order valence-electron chi connectivity index (χ2n) is 18.7. The summed E-state index contributed by atoms with van der Waals surface area (Å²) in [6.07, 6.45) is 22.4. The van der Waals surface area contributed by atoms with Crippen LogP contribution in [0.4, 0.5) is 0 Å². The summed E-state index contributed by atoms with van der Waals surface area (Å²) >= 11 is 0. The van der Waals surface area contributed by atoms with Gasteiger partial charge in [-0.3, -0.25) is 14.4 Å². The van der Waals surface area contributed by atoms with Gasteiger partial charge >= 0.3 is 0 Å². The van der Waals surface area contributed by atoms with Crippen molar-refractivity contribution in [1.29, 1.82) is 0 Å². The van der Waals surface area contributed by atoms with E-state index in [9.17, 15) is 19.5 Å². The van der Waals surface area contributed by atoms with Crippen LogP contribution in [0.1, 0.15) is 144 Å². The van der Waals surface area contributed by atoms with Crippen LogP contribution in [0.3, 0.4) is 0 Å². The predicted molar refractivity (Wildman–Crippen MR) is 183 cm³/mol. The Morgan fingerprint density at radius 2 is 1.22 bits per heavy atom. The van der Waals surface area contributed by atoms with Crippen molar-refractivity contribution in [3.05, 3.63) is 23.3 Å². The number of Topliss-reactive ketones (excluding diaryl/α,β-unsaturated/α-hetero) is 2. The third-order valence-corrected chi connectivity index (χ3v) is 17.0. The van der Waals surface area contributed by atoms with E-state index in [1.807, 2.05) is 13.0 Å². The van der Waals surface area contributed by atoms with Crippen LogP contribution in [0.5, 0.6) is 0 Å². The van der Waals surface area contributed by atoms with Gasteiger partial charge in [0.25, 0.3) is 0 Å². The van der Waals surface area contributed by atoms with Gasteiger partial charge in [0, 0.05) is 18.3 Å². The van der Waals surface area contributed by atoms with Crippen molar-refractivity contribution >= 4 is 17.3 Å². The van der Waals surface area contributed by atoms with Crippen LogP contribution in [0, 0.1) is 69.0 Å². The molecule has 1 N–H and O–H groups in total. The Bertz CT molecular complexity index is 1340. The molecule has 0 spiro atoms. The van der Waals surface area contributed by atoms with Crippen LogP contribution >= 0.6 is 0 Å². The van der Waals surface area contributed by atoms with Gasteiger partial charge in [-0.15, -0.1) is 0 Å². The molecule has 8 rings (SSSR count). The van der Waals surface area contributed by atoms with Crippen molar-refractivity contribution in [2.45, 2.75) is 150 Å². The summed E-state index contributed by atoms with van der Waals surface area (Å²) in [7, 11) is 0. The van der Waals surface area contributed by atoms with Crippen LogP contribution in [0.2, 0.25) is 0 Å². The van der Waals surface area contributed by atoms with E-state index in [4.69, 9.17) is 0 Å². The summed E-state index contributed by atoms with van der Waals surface area (Å²) in [6, 6.07) is 0. The van der Waals surface area contributed by atoms with E-state index in [2.05, 4.69) is 33.8 Å². The fourth-order valence-corrected chi connectivity index (χ4v) is 14.5. The predicted octanol–water partition coefficient (Wildman–Crippen LogP) is 9.24. The monoisotopic (exact) mass is 630 g/mol. The lowest BCUT2D eigenvalue weighted by Gasteiger charge is -2.58. The first-order valence-electron chi connectivity index (χ1n) is 19.3. The van der Waals surface area contributed by atoms with Crippen LogP contribution in [0.25, 0.3) is 0 Å². The first-order valence-corrected chi connectivity index (χ1v) is 19.3. The van der Waals surface area contributed by atoms with Gasteiger partial charge in [0.05, 0.1) is 6.10 Å². The van der Waals surface area contributed by atoms with Gasteiger partial charge in [-0.2, -0.15) is 0 Å². The summed E-state index contributed by atoms with van der Waals surface area (Å²) in [5, 5.41) is 10.1. The maximum absolute atomic E-state index is 12.2. The Balaban J connectivity index is 0.000000147. The van der Waals surface area contributed by atoms with Gasteiger partial charge in [-0.05, 0) is 173 Å². The first-order chi connectivity index (χ1) is 21.7. The fourth-order valence-electron chi connectivity index (χ4n) is 14.5. The van der Waals surface area contributed by atoms with Crippen molar-refractivity contribution in [3.63, 3.8) is 0 Å². The molecule has 4 nitrogen and oxygen atoms in total. The third-order valence-electron chi connectivity index (χ3n) is 17.0. The maximum Gasteiger partial charge on any atom is 0.155 e. The summed E-state index contributed by atoms with van der Waals surface area (Å²) in [5.41, 5.74) is 4.06. The molecule has 8 aliphatic carbocycles. The molecule has 0 aromatic carbocycles. The summed E-state index contributed by atoms with van der Waals surface area (Å²) in [5.74, 6) is 6.29. The smallest absolute Gasteiger partial charge is 0.155 e. The van der Waals surface area contributed by atoms with Gasteiger partial charge in [0.15, 0.2) is 5.78 Å². The maximum atomic E-state index is 12.2. The topological polar surface area (TPSA) is 71.4 Å². The molecule has 0 aromatic rings. The normalized spacial score (nSPS) is 50.6. The van der Waals surface area contributed by atoms with E-state index >= 15 is 0 Å². The van der Waals surface area contributed by atoms with E-state index in [0.29, 0.717) is 34.6 Å². The number of aliphatic hydroxyl groups excluding tert-OH is 1. The molecule has 4 heteroatoms. The highest BCUT2D eigenvalue weighted by molar-refractivity contribution is 5.91. The third kappa shape index (κ3) is 4.86. The number of aliphatic hydroxyl groups is 1. The van der Waals surface area contributed by atoms with Crippen molar-refractivity contribution in [2.75, 3.05) is 0 Å². The van der Waals surface area contributed by atoms with Gasteiger partial charge in [-0.25, -0.2) is 0 Å². The SMILES string of the molecule is CC(=O)[C@H]1CC[C@H]2[C@@H]3CC=C4C[C@@H](O)CC[C@]4(C)[C@H]3CC[C@]12C.CC(=O)[C@H]1CC[C@H]2[C@@H]3CCC4=CC(=O)CC[C@]4(C)[C@H]3CC[C@]12C. The minimum Gasteiger partial charge on any atom is -0.393 e. The molecule has 0 radical (unpaired) electrons. The molecule has 46 heavy (non-hydrogen) atoms. The highest BCUT2D eigenvalue weighted by atomic mass is 16.3. The Morgan fingerprint density at radius 3 is 1.83 bits per heavy atom. The van der Waals surface area contributed by atoms with Crippen molar-refractivity contribution in [1.82, 2.24) is 0 Å². The molecule has 8 aliphatic rings. The van der Waals surface area contributed by atoms with Crippen LogP contribution in [-0.2, 0) is 14.4 Å². The molecule has 0 unspecified atom stereocenters. The number of carbonyl (C=O) groups is 3. The Morgan fingerprint density at radius 1 is 0.652 bits per heavy atom. The minimum absolute atomic E-state index is 0.117. The zero-order valence-electron chi connectivity index (χ0n) is 29.8. The largest absolute Gasteiger partial charge is 0.393 e. The zero-order chi connectivity index (χ0) is 32.8. The number of allylic oxidation sites excluding steroid dienone is 2. The highest BCUT2D eigenvalue weighted by Crippen LogP contribution is 2.68. The second-order valence-corrected chi connectivity index (χ2v) is 18.7. The Labute approximate surface area is 279 Å². The van der Waals surface area contributed by atoms with E-state index in [1.54, 1.807) is 12.5 Å². The average molecular weight is 631 g/mol. The summed E-state index contributed by atoms with van der Waals surface area (Å²) in [4.78, 5) is 36.2. The molecule has 0 aromatic heterocycles. The molecule has 6 saturated carbocycles. The molecule has 0 saturated heterocycles. The van der Waals surface area contributed by atoms with Crippen molar-refractivity contribution in [2.24, 2.45) is 69.0 Å². The molecule has 0 bridgehead atoms. The van der Waals surface area contributed by atoms with E-state index < -0.39 is 0 Å². The minimum atomic E-state index is -0.117. The molecular formula is C42H62O4. The van der Waals surface area contributed by atoms with Gasteiger partial charge in [0.1, 0.15) is 11.6 Å². The molecular weight excluding hydrogens is 568 g/mol. The van der Waals surface area contributed by atoms with Crippen LogP contribution in [0.15, 0.2) is 23.3 Å². The van der Waals surface area contributed by atoms with Crippen LogP contribution < -0.4 is 0 Å². The number of fused-ring (bicyclic) bond motifs is 10. The Hall–Kier alpha value is -1.55. The van der Waals surface area contributed by atoms with E-state index in [-0.39, 0.29) is 22.3 Å².